The summed E-state index contributed by atoms with van der Waals surface area (Å²) in [6, 6.07) is 0. The van der Waals surface area contributed by atoms with E-state index in [-0.39, 0.29) is 5.82 Å². The first kappa shape index (κ1) is 12.2. The number of nitrogen functional groups attached to an aromatic ring is 1. The van der Waals surface area contributed by atoms with Crippen molar-refractivity contribution >= 4 is 5.82 Å². The molecule has 9 heteroatoms. The standard InChI is InChI=1S/C10H13N5O4/c11-8-5-9(13-2-12-5)14-3-15(8)10-7(18)6(17)4(1-16)19-10/h2-4,6-7,10,16-18H,1,11H2/t4-,6-,7-,10-/m1/s1. The quantitative estimate of drug-likeness (QED) is 0.488. The zero-order valence-electron chi connectivity index (χ0n) is 9.79. The second-order valence-electron chi connectivity index (χ2n) is 4.31. The van der Waals surface area contributed by atoms with Gasteiger partial charge in [-0.25, -0.2) is 15.0 Å². The van der Waals surface area contributed by atoms with Crippen LogP contribution >= 0.6 is 0 Å². The molecule has 102 valence electrons. The number of hydrogen-bond acceptors (Lipinski definition) is 8. The van der Waals surface area contributed by atoms with Crippen molar-refractivity contribution in [2.45, 2.75) is 24.5 Å². The maximum Gasteiger partial charge on any atom is 0.184 e. The number of hydrogen-bond donors (Lipinski definition) is 4. The van der Waals surface area contributed by atoms with Gasteiger partial charge in [0.15, 0.2) is 12.1 Å². The number of imidazole rings is 1. The van der Waals surface area contributed by atoms with Gasteiger partial charge in [0.05, 0.1) is 6.61 Å². The van der Waals surface area contributed by atoms with Gasteiger partial charge in [0.2, 0.25) is 0 Å². The molecule has 3 aliphatic rings. The Hall–Kier alpha value is -1.81. The number of nitrogens with two attached hydrogens (primary N) is 1. The summed E-state index contributed by atoms with van der Waals surface area (Å²) in [5.41, 5.74) is 6.31. The van der Waals surface area contributed by atoms with E-state index in [2.05, 4.69) is 15.0 Å². The van der Waals surface area contributed by atoms with E-state index in [9.17, 15) is 10.2 Å². The Labute approximate surface area is 107 Å². The minimum Gasteiger partial charge on any atom is -0.394 e. The minimum atomic E-state index is -1.22. The van der Waals surface area contributed by atoms with Crippen molar-refractivity contribution in [3.8, 4) is 11.5 Å². The Bertz CT molecular complexity index is 561. The van der Waals surface area contributed by atoms with Gasteiger partial charge in [0.1, 0.15) is 42.5 Å². The third kappa shape index (κ3) is 1.75. The Morgan fingerprint density at radius 1 is 1.26 bits per heavy atom. The normalized spacial score (nSPS) is 31.1. The lowest BCUT2D eigenvalue weighted by Gasteiger charge is -2.21. The molecule has 0 amide bonds. The van der Waals surface area contributed by atoms with Crippen molar-refractivity contribution < 1.29 is 20.1 Å². The van der Waals surface area contributed by atoms with Crippen LogP contribution in [0.4, 0.5) is 5.82 Å². The van der Waals surface area contributed by atoms with E-state index >= 15 is 0 Å². The average Bonchev–Trinajstić information content (AvgIpc) is 2.98. The van der Waals surface area contributed by atoms with Crippen molar-refractivity contribution in [2.75, 3.05) is 12.3 Å². The number of aliphatic hydroxyl groups excluding tert-OH is 3. The number of ether oxygens (including phenoxy) is 1. The molecule has 0 aliphatic carbocycles. The van der Waals surface area contributed by atoms with Crippen LogP contribution < -0.4 is 5.73 Å². The average molecular weight is 267 g/mol. The summed E-state index contributed by atoms with van der Waals surface area (Å²) in [6.07, 6.45) is -1.52. The van der Waals surface area contributed by atoms with Gasteiger partial charge in [-0.15, -0.1) is 0 Å². The smallest absolute Gasteiger partial charge is 0.184 e. The number of fused-ring (bicyclic) bond motifs is 1. The SMILES string of the molecule is Nc1c2ncnc-2ncn1[C@@H]1O[C@H](CO)[C@@H](O)[C@H]1O. The lowest BCUT2D eigenvalue weighted by Crippen LogP contribution is -2.33. The number of aromatic nitrogens is 4. The molecule has 3 rings (SSSR count). The Morgan fingerprint density at radius 3 is 2.74 bits per heavy atom. The van der Waals surface area contributed by atoms with Crippen LogP contribution in [0.5, 0.6) is 0 Å². The van der Waals surface area contributed by atoms with Crippen LogP contribution in [0.25, 0.3) is 11.5 Å². The summed E-state index contributed by atoms with van der Waals surface area (Å²) in [4.78, 5) is 11.9. The molecular formula is C10H13N5O4. The molecule has 0 unspecified atom stereocenters. The number of rotatable bonds is 2. The molecule has 0 saturated carbocycles. The number of nitrogens with zero attached hydrogens (tertiary/aromatic N) is 4. The summed E-state index contributed by atoms with van der Waals surface area (Å²) in [5, 5.41) is 28.7. The van der Waals surface area contributed by atoms with Crippen LogP contribution in [0, 0.1) is 0 Å². The molecule has 1 saturated heterocycles. The van der Waals surface area contributed by atoms with Crippen molar-refractivity contribution in [2.24, 2.45) is 0 Å². The van der Waals surface area contributed by atoms with Crippen molar-refractivity contribution in [1.82, 2.24) is 19.5 Å². The summed E-state index contributed by atoms with van der Waals surface area (Å²) >= 11 is 0. The fraction of sp³-hybridized carbons (Fsp3) is 0.500. The van der Waals surface area contributed by atoms with E-state index in [4.69, 9.17) is 15.6 Å². The third-order valence-electron chi connectivity index (χ3n) is 3.20. The van der Waals surface area contributed by atoms with Gasteiger partial charge >= 0.3 is 0 Å². The Kier molecular flexibility index (Phi) is 2.82. The molecule has 1 fully saturated rings. The summed E-state index contributed by atoms with van der Waals surface area (Å²) in [5.74, 6) is 0.609. The van der Waals surface area contributed by atoms with Crippen LogP contribution in [-0.2, 0) is 4.74 Å². The van der Waals surface area contributed by atoms with Gasteiger partial charge in [-0.2, -0.15) is 0 Å². The van der Waals surface area contributed by atoms with Crippen LogP contribution in [-0.4, -0.2) is 59.8 Å². The molecule has 3 aliphatic heterocycles. The third-order valence-corrected chi connectivity index (χ3v) is 3.20. The molecule has 9 nitrogen and oxygen atoms in total. The molecule has 0 aromatic carbocycles. The molecule has 0 aromatic rings. The van der Waals surface area contributed by atoms with E-state index in [1.807, 2.05) is 0 Å². The van der Waals surface area contributed by atoms with Crippen molar-refractivity contribution in [3.05, 3.63) is 12.7 Å². The second kappa shape index (κ2) is 4.38. The van der Waals surface area contributed by atoms with Crippen molar-refractivity contribution in [3.63, 3.8) is 0 Å². The monoisotopic (exact) mass is 267 g/mol. The van der Waals surface area contributed by atoms with Crippen molar-refractivity contribution in [1.29, 1.82) is 0 Å². The zero-order chi connectivity index (χ0) is 13.6. The molecule has 3 heterocycles. The van der Waals surface area contributed by atoms with Crippen LogP contribution in [0.15, 0.2) is 12.7 Å². The van der Waals surface area contributed by atoms with Gasteiger partial charge in [-0.05, 0) is 0 Å². The first-order valence-electron chi connectivity index (χ1n) is 5.69. The first-order chi connectivity index (χ1) is 9.13. The lowest BCUT2D eigenvalue weighted by atomic mass is 10.1. The predicted molar refractivity (Wildman–Crippen MR) is 61.9 cm³/mol. The molecule has 19 heavy (non-hydrogen) atoms. The highest BCUT2D eigenvalue weighted by Gasteiger charge is 2.44. The Balaban J connectivity index is 2.01. The maximum atomic E-state index is 9.93. The lowest BCUT2D eigenvalue weighted by molar-refractivity contribution is -0.0523. The highest BCUT2D eigenvalue weighted by atomic mass is 16.6. The fourth-order valence-corrected chi connectivity index (χ4v) is 2.15. The number of anilines is 1. The Morgan fingerprint density at radius 2 is 2.05 bits per heavy atom. The van der Waals surface area contributed by atoms with Gasteiger partial charge in [0, 0.05) is 0 Å². The van der Waals surface area contributed by atoms with Gasteiger partial charge in [-0.1, -0.05) is 0 Å². The summed E-state index contributed by atoms with van der Waals surface area (Å²) in [7, 11) is 0. The summed E-state index contributed by atoms with van der Waals surface area (Å²) < 4.78 is 6.73. The molecule has 5 N–H and O–H groups in total. The van der Waals surface area contributed by atoms with E-state index in [0.717, 1.165) is 0 Å². The fourth-order valence-electron chi connectivity index (χ4n) is 2.15. The second-order valence-corrected chi connectivity index (χ2v) is 4.31. The first-order valence-corrected chi connectivity index (χ1v) is 5.69. The van der Waals surface area contributed by atoms with Gasteiger partial charge in [0.25, 0.3) is 0 Å². The van der Waals surface area contributed by atoms with Gasteiger partial charge in [-0.3, -0.25) is 4.57 Å². The molecular weight excluding hydrogens is 254 g/mol. The van der Waals surface area contributed by atoms with E-state index in [1.165, 1.54) is 17.2 Å². The van der Waals surface area contributed by atoms with Crippen LogP contribution in [0.1, 0.15) is 6.23 Å². The topological polar surface area (TPSA) is 140 Å². The largest absolute Gasteiger partial charge is 0.394 e. The van der Waals surface area contributed by atoms with Crippen LogP contribution in [0.3, 0.4) is 0 Å². The molecule has 0 aromatic heterocycles. The minimum absolute atomic E-state index is 0.220. The van der Waals surface area contributed by atoms with E-state index in [0.29, 0.717) is 11.5 Å². The molecule has 4 atom stereocenters. The van der Waals surface area contributed by atoms with E-state index in [1.54, 1.807) is 0 Å². The highest BCUT2D eigenvalue weighted by molar-refractivity contribution is 5.64. The number of aliphatic hydroxyl groups is 3. The highest BCUT2D eigenvalue weighted by Crippen LogP contribution is 2.33. The molecule has 0 bridgehead atoms. The summed E-state index contributed by atoms with van der Waals surface area (Å²) in [6.45, 7) is -0.402. The molecule has 0 spiro atoms. The zero-order valence-corrected chi connectivity index (χ0v) is 9.79. The van der Waals surface area contributed by atoms with E-state index < -0.39 is 31.1 Å². The molecule has 0 radical (unpaired) electrons. The van der Waals surface area contributed by atoms with Gasteiger partial charge < -0.3 is 25.8 Å². The van der Waals surface area contributed by atoms with Crippen LogP contribution in [0.2, 0.25) is 0 Å². The predicted octanol–water partition coefficient (Wildman–Crippen LogP) is -2.03. The maximum absolute atomic E-state index is 9.93.